The summed E-state index contributed by atoms with van der Waals surface area (Å²) in [7, 11) is 0. The zero-order chi connectivity index (χ0) is 8.48. The minimum atomic E-state index is -3.97. The Bertz CT molecular complexity index is 126. The fourth-order valence-electron chi connectivity index (χ4n) is 1.28. The lowest BCUT2D eigenvalue weighted by atomic mass is 10.00. The Labute approximate surface area is 64.2 Å². The smallest absolute Gasteiger partial charge is 0.302 e. The Balaban J connectivity index is 2.19. The van der Waals surface area contributed by atoms with Crippen LogP contribution in [0.4, 0.5) is 13.2 Å². The first-order valence-corrected chi connectivity index (χ1v) is 3.83. The van der Waals surface area contributed by atoms with Gasteiger partial charge in [-0.25, -0.2) is 0 Å². The molecule has 0 aliphatic carbocycles. The lowest BCUT2D eigenvalue weighted by Gasteiger charge is -2.39. The molecular formula is C7H12F3N. The highest BCUT2D eigenvalue weighted by molar-refractivity contribution is 4.84. The van der Waals surface area contributed by atoms with Crippen LogP contribution < -0.4 is 0 Å². The van der Waals surface area contributed by atoms with E-state index in [0.29, 0.717) is 0 Å². The third-order valence-corrected chi connectivity index (χ3v) is 1.96. The summed E-state index contributed by atoms with van der Waals surface area (Å²) in [6, 6.07) is 0. The second-order valence-electron chi connectivity index (χ2n) is 3.00. The summed E-state index contributed by atoms with van der Waals surface area (Å²) in [4.78, 5) is 1.83. The molecule has 0 aromatic heterocycles. The molecule has 1 heterocycles. The lowest BCUT2D eigenvalue weighted by molar-refractivity contribution is -0.208. The van der Waals surface area contributed by atoms with Crippen molar-refractivity contribution in [3.63, 3.8) is 0 Å². The van der Waals surface area contributed by atoms with E-state index in [2.05, 4.69) is 0 Å². The van der Waals surface area contributed by atoms with Crippen molar-refractivity contribution in [3.05, 3.63) is 0 Å². The number of alkyl halides is 3. The molecule has 0 atom stereocenters. The molecule has 0 radical (unpaired) electrons. The predicted octanol–water partition coefficient (Wildman–Crippen LogP) is 1.89. The maximum atomic E-state index is 11.9. The summed E-state index contributed by atoms with van der Waals surface area (Å²) < 4.78 is 35.7. The Hall–Kier alpha value is -0.250. The maximum Gasteiger partial charge on any atom is 0.394 e. The van der Waals surface area contributed by atoms with Gasteiger partial charge in [0.15, 0.2) is 0 Å². The number of rotatable bonds is 2. The van der Waals surface area contributed by atoms with E-state index in [1.165, 1.54) is 0 Å². The van der Waals surface area contributed by atoms with Crippen molar-refractivity contribution in [1.29, 1.82) is 0 Å². The van der Waals surface area contributed by atoms with Gasteiger partial charge in [-0.1, -0.05) is 6.92 Å². The molecule has 1 rings (SSSR count). The monoisotopic (exact) mass is 167 g/mol. The first kappa shape index (κ1) is 8.84. The molecule has 1 aliphatic heterocycles. The lowest BCUT2D eigenvalue weighted by Crippen LogP contribution is -2.53. The van der Waals surface area contributed by atoms with Gasteiger partial charge in [-0.15, -0.1) is 0 Å². The topological polar surface area (TPSA) is 3.24 Å². The van der Waals surface area contributed by atoms with Gasteiger partial charge in [-0.2, -0.15) is 13.2 Å². The van der Waals surface area contributed by atoms with E-state index in [0.717, 1.165) is 13.0 Å². The van der Waals surface area contributed by atoms with E-state index < -0.39 is 12.1 Å². The van der Waals surface area contributed by atoms with Crippen molar-refractivity contribution >= 4 is 0 Å². The SMILES string of the molecule is CCCN1CC(C(F)(F)F)C1. The second-order valence-corrected chi connectivity index (χ2v) is 3.00. The van der Waals surface area contributed by atoms with Crippen LogP contribution in [0, 0.1) is 5.92 Å². The molecule has 66 valence electrons. The number of hydrogen-bond acceptors (Lipinski definition) is 1. The van der Waals surface area contributed by atoms with E-state index in [-0.39, 0.29) is 13.1 Å². The standard InChI is InChI=1S/C7H12F3N/c1-2-3-11-4-6(5-11)7(8,9)10/h6H,2-5H2,1H3. The molecule has 0 saturated carbocycles. The highest BCUT2D eigenvalue weighted by Gasteiger charge is 2.46. The van der Waals surface area contributed by atoms with Crippen molar-refractivity contribution in [3.8, 4) is 0 Å². The first-order chi connectivity index (χ1) is 5.04. The third kappa shape index (κ3) is 2.09. The van der Waals surface area contributed by atoms with E-state index in [9.17, 15) is 13.2 Å². The van der Waals surface area contributed by atoms with Gasteiger partial charge in [0.1, 0.15) is 0 Å². The summed E-state index contributed by atoms with van der Waals surface area (Å²) in [6.07, 6.45) is -3.03. The van der Waals surface area contributed by atoms with E-state index in [1.807, 2.05) is 11.8 Å². The van der Waals surface area contributed by atoms with Gasteiger partial charge in [0.05, 0.1) is 5.92 Å². The average Bonchev–Trinajstić information content (AvgIpc) is 1.74. The van der Waals surface area contributed by atoms with E-state index in [1.54, 1.807) is 0 Å². The molecule has 0 amide bonds. The molecule has 1 nitrogen and oxygen atoms in total. The van der Waals surface area contributed by atoms with Crippen LogP contribution >= 0.6 is 0 Å². The molecule has 1 saturated heterocycles. The summed E-state index contributed by atoms with van der Waals surface area (Å²) in [5, 5.41) is 0. The van der Waals surface area contributed by atoms with Crippen LogP contribution in [0.1, 0.15) is 13.3 Å². The van der Waals surface area contributed by atoms with E-state index >= 15 is 0 Å². The second kappa shape index (κ2) is 3.01. The summed E-state index contributed by atoms with van der Waals surface area (Å²) in [6.45, 7) is 3.18. The molecular weight excluding hydrogens is 155 g/mol. The van der Waals surface area contributed by atoms with Gasteiger partial charge in [0.2, 0.25) is 0 Å². The predicted molar refractivity (Wildman–Crippen MR) is 36.3 cm³/mol. The van der Waals surface area contributed by atoms with Gasteiger partial charge in [-0.05, 0) is 13.0 Å². The van der Waals surface area contributed by atoms with Crippen LogP contribution in [0.2, 0.25) is 0 Å². The fourth-order valence-corrected chi connectivity index (χ4v) is 1.28. The van der Waals surface area contributed by atoms with Crippen molar-refractivity contribution in [2.45, 2.75) is 19.5 Å². The zero-order valence-corrected chi connectivity index (χ0v) is 6.49. The normalized spacial score (nSPS) is 21.8. The van der Waals surface area contributed by atoms with Crippen molar-refractivity contribution in [2.24, 2.45) is 5.92 Å². The van der Waals surface area contributed by atoms with Crippen LogP contribution in [0.15, 0.2) is 0 Å². The Kier molecular flexibility index (Phi) is 2.42. The van der Waals surface area contributed by atoms with Crippen LogP contribution in [0.3, 0.4) is 0 Å². The highest BCUT2D eigenvalue weighted by Crippen LogP contribution is 2.33. The molecule has 11 heavy (non-hydrogen) atoms. The molecule has 4 heteroatoms. The van der Waals surface area contributed by atoms with Crippen LogP contribution in [-0.2, 0) is 0 Å². The average molecular weight is 167 g/mol. The summed E-state index contributed by atoms with van der Waals surface area (Å²) >= 11 is 0. The number of hydrogen-bond donors (Lipinski definition) is 0. The third-order valence-electron chi connectivity index (χ3n) is 1.96. The molecule has 0 bridgehead atoms. The number of likely N-dealkylation sites (tertiary alicyclic amines) is 1. The molecule has 0 N–H and O–H groups in total. The Morgan fingerprint density at radius 3 is 2.27 bits per heavy atom. The van der Waals surface area contributed by atoms with Crippen LogP contribution in [0.5, 0.6) is 0 Å². The maximum absolute atomic E-state index is 11.9. The Morgan fingerprint density at radius 1 is 1.36 bits per heavy atom. The quantitative estimate of drug-likeness (QED) is 0.607. The fraction of sp³-hybridized carbons (Fsp3) is 1.00. The van der Waals surface area contributed by atoms with Crippen LogP contribution in [0.25, 0.3) is 0 Å². The van der Waals surface area contributed by atoms with Gasteiger partial charge in [-0.3, -0.25) is 0 Å². The zero-order valence-electron chi connectivity index (χ0n) is 6.49. The van der Waals surface area contributed by atoms with Crippen molar-refractivity contribution in [2.75, 3.05) is 19.6 Å². The summed E-state index contributed by atoms with van der Waals surface area (Å²) in [5.74, 6) is -1.06. The van der Waals surface area contributed by atoms with Gasteiger partial charge < -0.3 is 4.90 Å². The molecule has 0 aromatic rings. The molecule has 1 aliphatic rings. The largest absolute Gasteiger partial charge is 0.394 e. The number of nitrogens with zero attached hydrogens (tertiary/aromatic N) is 1. The number of halogens is 3. The van der Waals surface area contributed by atoms with Crippen molar-refractivity contribution < 1.29 is 13.2 Å². The molecule has 0 unspecified atom stereocenters. The molecule has 0 aromatic carbocycles. The van der Waals surface area contributed by atoms with Crippen LogP contribution in [-0.4, -0.2) is 30.7 Å². The molecule has 1 fully saturated rings. The summed E-state index contributed by atoms with van der Waals surface area (Å²) in [5.41, 5.74) is 0. The van der Waals surface area contributed by atoms with Gasteiger partial charge in [0.25, 0.3) is 0 Å². The Morgan fingerprint density at radius 2 is 1.91 bits per heavy atom. The van der Waals surface area contributed by atoms with Crippen molar-refractivity contribution in [1.82, 2.24) is 4.90 Å². The first-order valence-electron chi connectivity index (χ1n) is 3.83. The van der Waals surface area contributed by atoms with Gasteiger partial charge >= 0.3 is 6.18 Å². The molecule has 0 spiro atoms. The van der Waals surface area contributed by atoms with Gasteiger partial charge in [0, 0.05) is 13.1 Å². The minimum Gasteiger partial charge on any atom is -0.302 e. The highest BCUT2D eigenvalue weighted by atomic mass is 19.4. The van der Waals surface area contributed by atoms with E-state index in [4.69, 9.17) is 0 Å². The minimum absolute atomic E-state index is 0.206.